The predicted molar refractivity (Wildman–Crippen MR) is 60.8 cm³/mol. The molecule has 0 fully saturated rings. The summed E-state index contributed by atoms with van der Waals surface area (Å²) in [7, 11) is -5.65. The van der Waals surface area contributed by atoms with Gasteiger partial charge in [-0.3, -0.25) is 8.94 Å². The first-order valence-electron chi connectivity index (χ1n) is 5.90. The summed E-state index contributed by atoms with van der Waals surface area (Å²) in [6, 6.07) is 0. The number of unbranched alkanes of at least 4 members (excludes halogenated alkanes) is 1. The molecule has 0 saturated carbocycles. The molecule has 0 saturated heterocycles. The highest BCUT2D eigenvalue weighted by Crippen LogP contribution is 2.27. The first-order chi connectivity index (χ1) is 9.53. The lowest BCUT2D eigenvalue weighted by molar-refractivity contribution is -0.0117. The van der Waals surface area contributed by atoms with Gasteiger partial charge >= 0.3 is 10.1 Å². The molecule has 1 N–H and O–H groups in total. The van der Waals surface area contributed by atoms with Gasteiger partial charge in [0, 0.05) is 0 Å². The maximum absolute atomic E-state index is 13.2. The summed E-state index contributed by atoms with van der Waals surface area (Å²) >= 11 is 0. The first-order valence-corrected chi connectivity index (χ1v) is 7.41. The number of halogens is 7. The van der Waals surface area contributed by atoms with E-state index in [1.807, 2.05) is 0 Å². The van der Waals surface area contributed by atoms with Crippen LogP contribution in [-0.4, -0.2) is 56.0 Å². The molecule has 0 aliphatic heterocycles. The molecule has 0 spiro atoms. The molecule has 21 heavy (non-hydrogen) atoms. The lowest BCUT2D eigenvalue weighted by atomic mass is 10.0. The van der Waals surface area contributed by atoms with Crippen molar-refractivity contribution in [3.8, 4) is 0 Å². The SMILES string of the molecule is O=S(=O)(O)C(F)C(F)C(F)C(F)C(F)C(F)CCCCF. The van der Waals surface area contributed by atoms with Crippen LogP contribution in [0.1, 0.15) is 19.3 Å². The summed E-state index contributed by atoms with van der Waals surface area (Å²) in [6.45, 7) is -0.821. The van der Waals surface area contributed by atoms with E-state index in [4.69, 9.17) is 4.55 Å². The van der Waals surface area contributed by atoms with Crippen LogP contribution in [-0.2, 0) is 10.1 Å². The largest absolute Gasteiger partial charge is 0.300 e. The Morgan fingerprint density at radius 2 is 1.29 bits per heavy atom. The zero-order valence-electron chi connectivity index (χ0n) is 10.6. The van der Waals surface area contributed by atoms with Crippen LogP contribution in [0.2, 0.25) is 0 Å². The summed E-state index contributed by atoms with van der Waals surface area (Å²) in [4.78, 5) is 0. The van der Waals surface area contributed by atoms with Crippen LogP contribution < -0.4 is 0 Å². The lowest BCUT2D eigenvalue weighted by Crippen LogP contribution is -2.44. The van der Waals surface area contributed by atoms with E-state index in [9.17, 15) is 39.2 Å². The van der Waals surface area contributed by atoms with E-state index in [1.54, 1.807) is 0 Å². The fraction of sp³-hybridized carbons (Fsp3) is 1.00. The van der Waals surface area contributed by atoms with Crippen LogP contribution in [0.15, 0.2) is 0 Å². The highest BCUT2D eigenvalue weighted by Gasteiger charge is 2.46. The molecule has 6 unspecified atom stereocenters. The molecule has 0 rings (SSSR count). The number of hydrogen-bond donors (Lipinski definition) is 1. The van der Waals surface area contributed by atoms with Gasteiger partial charge in [-0.2, -0.15) is 8.42 Å². The Morgan fingerprint density at radius 3 is 1.71 bits per heavy atom. The fourth-order valence-corrected chi connectivity index (χ4v) is 1.93. The molecule has 0 heterocycles. The summed E-state index contributed by atoms with van der Waals surface area (Å²) in [5, 5.41) is 0. The van der Waals surface area contributed by atoms with Gasteiger partial charge in [-0.15, -0.1) is 0 Å². The normalized spacial score (nSPS) is 21.3. The molecule has 0 aliphatic rings. The van der Waals surface area contributed by atoms with Crippen molar-refractivity contribution >= 4 is 10.1 Å². The van der Waals surface area contributed by atoms with Crippen molar-refractivity contribution in [3.05, 3.63) is 0 Å². The van der Waals surface area contributed by atoms with Gasteiger partial charge < -0.3 is 0 Å². The van der Waals surface area contributed by atoms with E-state index >= 15 is 0 Å². The van der Waals surface area contributed by atoms with Crippen molar-refractivity contribution in [2.24, 2.45) is 0 Å². The molecule has 128 valence electrons. The molecule has 0 aromatic heterocycles. The summed E-state index contributed by atoms with van der Waals surface area (Å²) in [5.41, 5.74) is -3.82. The molecule has 0 radical (unpaired) electrons. The van der Waals surface area contributed by atoms with Crippen molar-refractivity contribution in [3.63, 3.8) is 0 Å². The number of hydrogen-bond acceptors (Lipinski definition) is 2. The van der Waals surface area contributed by atoms with Crippen molar-refractivity contribution < 1.29 is 43.7 Å². The van der Waals surface area contributed by atoms with Crippen LogP contribution in [0.25, 0.3) is 0 Å². The third-order valence-corrected chi connectivity index (χ3v) is 3.49. The Kier molecular flexibility index (Phi) is 8.52. The molecule has 11 heteroatoms. The predicted octanol–water partition coefficient (Wildman–Crippen LogP) is 3.00. The molecular formula is C10H15F7O3S. The van der Waals surface area contributed by atoms with Crippen LogP contribution in [0.5, 0.6) is 0 Å². The van der Waals surface area contributed by atoms with Crippen molar-refractivity contribution in [2.75, 3.05) is 6.67 Å². The molecule has 0 aliphatic carbocycles. The van der Waals surface area contributed by atoms with Crippen LogP contribution in [0.3, 0.4) is 0 Å². The third kappa shape index (κ3) is 6.37. The van der Waals surface area contributed by atoms with E-state index < -0.39 is 59.6 Å². The van der Waals surface area contributed by atoms with E-state index in [0.717, 1.165) is 0 Å². The average Bonchev–Trinajstić information content (AvgIpc) is 2.42. The maximum Gasteiger partial charge on any atom is 0.300 e. The lowest BCUT2D eigenvalue weighted by Gasteiger charge is -2.23. The van der Waals surface area contributed by atoms with Gasteiger partial charge in [0.25, 0.3) is 5.50 Å². The standard InChI is InChI=1S/C10H15F7O3S/c11-4-2-1-3-5(12)6(13)7(14)8(15)9(16)10(17)21(18,19)20/h5-10H,1-4H2,(H,18,19,20). The number of alkyl halides is 7. The maximum atomic E-state index is 13.2. The number of rotatable bonds is 10. The molecule has 0 bridgehead atoms. The van der Waals surface area contributed by atoms with Gasteiger partial charge in [-0.25, -0.2) is 26.3 Å². The third-order valence-electron chi connectivity index (χ3n) is 2.66. The Hall–Kier alpha value is -0.580. The topological polar surface area (TPSA) is 54.4 Å². The van der Waals surface area contributed by atoms with Gasteiger partial charge in [0.05, 0.1) is 6.67 Å². The first kappa shape index (κ1) is 20.4. The van der Waals surface area contributed by atoms with Crippen LogP contribution >= 0.6 is 0 Å². The van der Waals surface area contributed by atoms with Crippen molar-refractivity contribution in [1.29, 1.82) is 0 Å². The second-order valence-electron chi connectivity index (χ2n) is 4.34. The quantitative estimate of drug-likeness (QED) is 0.375. The van der Waals surface area contributed by atoms with Gasteiger partial charge in [0.1, 0.15) is 6.17 Å². The molecule has 3 nitrogen and oxygen atoms in total. The Morgan fingerprint density at radius 1 is 0.810 bits per heavy atom. The van der Waals surface area contributed by atoms with Gasteiger partial charge in [0.15, 0.2) is 24.7 Å². The minimum atomic E-state index is -5.65. The smallest absolute Gasteiger partial charge is 0.283 e. The second-order valence-corrected chi connectivity index (χ2v) is 5.82. The van der Waals surface area contributed by atoms with E-state index in [0.29, 0.717) is 0 Å². The zero-order chi connectivity index (χ0) is 16.8. The zero-order valence-corrected chi connectivity index (χ0v) is 11.4. The molecule has 0 aromatic rings. The summed E-state index contributed by atoms with van der Waals surface area (Å²) < 4.78 is 119. The second kappa shape index (κ2) is 8.76. The monoisotopic (exact) mass is 348 g/mol. The minimum Gasteiger partial charge on any atom is -0.283 e. The Labute approximate surface area is 117 Å². The van der Waals surface area contributed by atoms with E-state index in [1.165, 1.54) is 0 Å². The average molecular weight is 348 g/mol. The highest BCUT2D eigenvalue weighted by molar-refractivity contribution is 7.86. The van der Waals surface area contributed by atoms with Crippen LogP contribution in [0.4, 0.5) is 30.7 Å². The summed E-state index contributed by atoms with van der Waals surface area (Å²) in [6.07, 6.45) is -17.5. The fourth-order valence-electron chi connectivity index (χ4n) is 1.45. The van der Waals surface area contributed by atoms with Gasteiger partial charge in [-0.05, 0) is 19.3 Å². The van der Waals surface area contributed by atoms with Crippen molar-refractivity contribution in [1.82, 2.24) is 0 Å². The molecular weight excluding hydrogens is 333 g/mol. The van der Waals surface area contributed by atoms with Gasteiger partial charge in [-0.1, -0.05) is 0 Å². The van der Waals surface area contributed by atoms with E-state index in [-0.39, 0.29) is 12.8 Å². The minimum absolute atomic E-state index is 0.135. The van der Waals surface area contributed by atoms with Crippen LogP contribution in [0, 0.1) is 0 Å². The van der Waals surface area contributed by atoms with Crippen molar-refractivity contribution in [2.45, 2.75) is 55.6 Å². The Bertz CT molecular complexity index is 394. The summed E-state index contributed by atoms with van der Waals surface area (Å²) in [5.74, 6) is 0. The highest BCUT2D eigenvalue weighted by atomic mass is 32.2. The van der Waals surface area contributed by atoms with E-state index in [2.05, 4.69) is 0 Å². The molecule has 0 amide bonds. The molecule has 0 aromatic carbocycles. The Balaban J connectivity index is 4.64. The van der Waals surface area contributed by atoms with Gasteiger partial charge in [0.2, 0.25) is 0 Å². The molecule has 6 atom stereocenters.